The molecule has 0 aliphatic carbocycles. The van der Waals surface area contributed by atoms with Gasteiger partial charge in [0.1, 0.15) is 0 Å². The van der Waals surface area contributed by atoms with Crippen LogP contribution in [0.2, 0.25) is 0 Å². The molecule has 1 heterocycles. The molecule has 5 nitrogen and oxygen atoms in total. The van der Waals surface area contributed by atoms with Crippen molar-refractivity contribution in [2.75, 3.05) is 17.8 Å². The van der Waals surface area contributed by atoms with Crippen molar-refractivity contribution in [2.24, 2.45) is 0 Å². The number of sulfonamides is 1. The molecule has 2 aromatic carbocycles. The minimum Gasteiger partial charge on any atom is -0.339 e. The predicted octanol–water partition coefficient (Wildman–Crippen LogP) is 4.04. The molecule has 0 spiro atoms. The highest BCUT2D eigenvalue weighted by atomic mass is 32.2. The Kier molecular flexibility index (Phi) is 5.56. The molecule has 0 saturated carbocycles. The smallest absolute Gasteiger partial charge is 0.261 e. The van der Waals surface area contributed by atoms with Gasteiger partial charge < -0.3 is 4.90 Å². The number of nitrogens with zero attached hydrogens (tertiary/aromatic N) is 1. The number of carbonyl (C=O) groups is 1. The van der Waals surface area contributed by atoms with Gasteiger partial charge in [0.2, 0.25) is 0 Å². The largest absolute Gasteiger partial charge is 0.339 e. The monoisotopic (exact) mass is 386 g/mol. The zero-order valence-corrected chi connectivity index (χ0v) is 16.9. The zero-order valence-electron chi connectivity index (χ0n) is 16.1. The Morgan fingerprint density at radius 3 is 2.22 bits per heavy atom. The maximum atomic E-state index is 12.9. The topological polar surface area (TPSA) is 66.5 Å². The first-order valence-corrected chi connectivity index (χ1v) is 10.8. The number of benzene rings is 2. The molecular weight excluding hydrogens is 360 g/mol. The summed E-state index contributed by atoms with van der Waals surface area (Å²) in [6.45, 7) is 7.22. The van der Waals surface area contributed by atoms with E-state index < -0.39 is 10.0 Å². The first kappa shape index (κ1) is 19.4. The molecule has 3 rings (SSSR count). The minimum atomic E-state index is -3.77. The molecule has 1 saturated heterocycles. The molecule has 1 N–H and O–H groups in total. The Balaban J connectivity index is 1.89. The Hall–Kier alpha value is -2.34. The molecular formula is C21H26N2O3S. The molecule has 1 aliphatic rings. The number of piperidine rings is 1. The normalized spacial score (nSPS) is 14.9. The number of anilines is 1. The second-order valence-corrected chi connectivity index (χ2v) is 8.92. The summed E-state index contributed by atoms with van der Waals surface area (Å²) in [6, 6.07) is 10.2. The summed E-state index contributed by atoms with van der Waals surface area (Å²) in [7, 11) is -3.77. The molecule has 0 radical (unpaired) electrons. The van der Waals surface area contributed by atoms with Gasteiger partial charge in [-0.15, -0.1) is 0 Å². The second kappa shape index (κ2) is 7.72. The summed E-state index contributed by atoms with van der Waals surface area (Å²) in [5.41, 5.74) is 3.88. The van der Waals surface area contributed by atoms with Gasteiger partial charge in [0.15, 0.2) is 0 Å². The number of nitrogens with one attached hydrogen (secondary N) is 1. The SMILES string of the molecule is Cc1ccc(NS(=O)(=O)c2ccc(C)c(C(=O)N3CCCCC3)c2)cc1C. The summed E-state index contributed by atoms with van der Waals surface area (Å²) in [4.78, 5) is 14.8. The van der Waals surface area contributed by atoms with E-state index in [9.17, 15) is 13.2 Å². The van der Waals surface area contributed by atoms with Crippen LogP contribution in [-0.2, 0) is 10.0 Å². The van der Waals surface area contributed by atoms with Crippen molar-refractivity contribution in [3.63, 3.8) is 0 Å². The van der Waals surface area contributed by atoms with E-state index in [0.29, 0.717) is 11.3 Å². The molecule has 144 valence electrons. The number of hydrogen-bond donors (Lipinski definition) is 1. The van der Waals surface area contributed by atoms with Crippen molar-refractivity contribution in [1.82, 2.24) is 4.90 Å². The number of carbonyl (C=O) groups excluding carboxylic acids is 1. The fourth-order valence-corrected chi connectivity index (χ4v) is 4.36. The number of likely N-dealkylation sites (tertiary alicyclic amines) is 1. The molecule has 0 aromatic heterocycles. The van der Waals surface area contributed by atoms with E-state index in [2.05, 4.69) is 4.72 Å². The molecule has 2 aromatic rings. The fraction of sp³-hybridized carbons (Fsp3) is 0.381. The maximum absolute atomic E-state index is 12.9. The van der Waals surface area contributed by atoms with E-state index in [1.165, 1.54) is 6.07 Å². The standard InChI is InChI=1S/C21H26N2O3S/c1-15-7-9-18(13-17(15)3)22-27(25,26)19-10-8-16(2)20(14-19)21(24)23-11-5-4-6-12-23/h7-10,13-14,22H,4-6,11-12H2,1-3H3. The second-order valence-electron chi connectivity index (χ2n) is 7.23. The van der Waals surface area contributed by atoms with Crippen LogP contribution in [0.4, 0.5) is 5.69 Å². The van der Waals surface area contributed by atoms with Crippen molar-refractivity contribution < 1.29 is 13.2 Å². The molecule has 0 bridgehead atoms. The Bertz CT molecular complexity index is 961. The maximum Gasteiger partial charge on any atom is 0.261 e. The Morgan fingerprint density at radius 1 is 0.889 bits per heavy atom. The highest BCUT2D eigenvalue weighted by molar-refractivity contribution is 7.92. The van der Waals surface area contributed by atoms with Gasteiger partial charge in [-0.25, -0.2) is 8.42 Å². The molecule has 0 atom stereocenters. The van der Waals surface area contributed by atoms with Gasteiger partial charge >= 0.3 is 0 Å². The van der Waals surface area contributed by atoms with Crippen molar-refractivity contribution in [3.05, 3.63) is 58.7 Å². The van der Waals surface area contributed by atoms with Crippen LogP contribution in [0.25, 0.3) is 0 Å². The van der Waals surface area contributed by atoms with Gasteiger partial charge in [0.25, 0.3) is 15.9 Å². The average Bonchev–Trinajstić information content (AvgIpc) is 2.65. The van der Waals surface area contributed by atoms with Gasteiger partial charge in [0.05, 0.1) is 4.90 Å². The third kappa shape index (κ3) is 4.33. The van der Waals surface area contributed by atoms with Gasteiger partial charge in [-0.2, -0.15) is 0 Å². The van der Waals surface area contributed by atoms with Gasteiger partial charge in [-0.05, 0) is 81.0 Å². The summed E-state index contributed by atoms with van der Waals surface area (Å²) >= 11 is 0. The average molecular weight is 387 g/mol. The van der Waals surface area contributed by atoms with Crippen LogP contribution in [0.15, 0.2) is 41.3 Å². The van der Waals surface area contributed by atoms with Crippen molar-refractivity contribution in [3.8, 4) is 0 Å². The van der Waals surface area contributed by atoms with Crippen LogP contribution in [0, 0.1) is 20.8 Å². The number of hydrogen-bond acceptors (Lipinski definition) is 3. The Labute approximate surface area is 161 Å². The molecule has 1 fully saturated rings. The lowest BCUT2D eigenvalue weighted by atomic mass is 10.1. The van der Waals surface area contributed by atoms with E-state index >= 15 is 0 Å². The van der Waals surface area contributed by atoms with E-state index in [1.807, 2.05) is 31.7 Å². The lowest BCUT2D eigenvalue weighted by molar-refractivity contribution is 0.0723. The number of rotatable bonds is 4. The van der Waals surface area contributed by atoms with Crippen molar-refractivity contribution in [1.29, 1.82) is 0 Å². The summed E-state index contributed by atoms with van der Waals surface area (Å²) in [6.07, 6.45) is 3.13. The molecule has 27 heavy (non-hydrogen) atoms. The molecule has 1 amide bonds. The van der Waals surface area contributed by atoms with Gasteiger partial charge in [-0.3, -0.25) is 9.52 Å². The minimum absolute atomic E-state index is 0.0876. The van der Waals surface area contributed by atoms with Gasteiger partial charge in [-0.1, -0.05) is 12.1 Å². The Morgan fingerprint density at radius 2 is 1.56 bits per heavy atom. The lowest BCUT2D eigenvalue weighted by Gasteiger charge is -2.27. The first-order valence-electron chi connectivity index (χ1n) is 9.28. The molecule has 0 unspecified atom stereocenters. The summed E-state index contributed by atoms with van der Waals surface area (Å²) in [5.74, 6) is -0.0876. The molecule has 6 heteroatoms. The van der Waals surface area contributed by atoms with Crippen LogP contribution in [0.3, 0.4) is 0 Å². The zero-order chi connectivity index (χ0) is 19.6. The lowest BCUT2D eigenvalue weighted by Crippen LogP contribution is -2.36. The van der Waals surface area contributed by atoms with Crippen LogP contribution < -0.4 is 4.72 Å². The number of amides is 1. The van der Waals surface area contributed by atoms with Crippen molar-refractivity contribution >= 4 is 21.6 Å². The quantitative estimate of drug-likeness (QED) is 0.862. The highest BCUT2D eigenvalue weighted by Crippen LogP contribution is 2.23. The van der Waals surface area contributed by atoms with Crippen molar-refractivity contribution in [2.45, 2.75) is 44.9 Å². The van der Waals surface area contributed by atoms with E-state index in [0.717, 1.165) is 49.0 Å². The van der Waals surface area contributed by atoms with Gasteiger partial charge in [0, 0.05) is 24.3 Å². The summed E-state index contributed by atoms with van der Waals surface area (Å²) in [5, 5.41) is 0. The highest BCUT2D eigenvalue weighted by Gasteiger charge is 2.23. The third-order valence-corrected chi connectivity index (χ3v) is 6.53. The van der Waals surface area contributed by atoms with Crippen LogP contribution in [0.1, 0.15) is 46.3 Å². The van der Waals surface area contributed by atoms with Crippen LogP contribution >= 0.6 is 0 Å². The molecule has 1 aliphatic heterocycles. The number of aryl methyl sites for hydroxylation is 3. The fourth-order valence-electron chi connectivity index (χ4n) is 3.29. The first-order chi connectivity index (χ1) is 12.8. The van der Waals surface area contributed by atoms with E-state index in [-0.39, 0.29) is 10.8 Å². The third-order valence-electron chi connectivity index (χ3n) is 5.15. The van der Waals surface area contributed by atoms with E-state index in [1.54, 1.807) is 24.3 Å². The van der Waals surface area contributed by atoms with E-state index in [4.69, 9.17) is 0 Å². The summed E-state index contributed by atoms with van der Waals surface area (Å²) < 4.78 is 28.3. The van der Waals surface area contributed by atoms with Crippen LogP contribution in [0.5, 0.6) is 0 Å². The predicted molar refractivity (Wildman–Crippen MR) is 108 cm³/mol. The van der Waals surface area contributed by atoms with Crippen LogP contribution in [-0.4, -0.2) is 32.3 Å².